The van der Waals surface area contributed by atoms with Gasteiger partial charge in [0, 0.05) is 56.6 Å². The average molecular weight is 520 g/mol. The van der Waals surface area contributed by atoms with Crippen LogP contribution in [0.4, 0.5) is 5.13 Å². The molecule has 0 atom stereocenters. The topological polar surface area (TPSA) is 95.6 Å². The van der Waals surface area contributed by atoms with Crippen LogP contribution in [-0.4, -0.2) is 63.6 Å². The standard InChI is InChI=1S/C17H28N8OS.HI/c1-6-12-21-16(27-23-12)25-9-7-24(8-10-25)15(18-5)19-11-13-20-14(26-22-13)17(2,3)4;/h6-11H2,1-5H3,(H,18,19);1H. The number of halogens is 1. The number of aryl methyl sites for hydroxylation is 1. The summed E-state index contributed by atoms with van der Waals surface area (Å²) in [5.74, 6) is 3.06. The lowest BCUT2D eigenvalue weighted by atomic mass is 9.97. The molecule has 0 aromatic carbocycles. The minimum atomic E-state index is -0.147. The van der Waals surface area contributed by atoms with Crippen molar-refractivity contribution in [1.82, 2.24) is 29.7 Å². The summed E-state index contributed by atoms with van der Waals surface area (Å²) >= 11 is 1.48. The molecule has 0 amide bonds. The zero-order valence-electron chi connectivity index (χ0n) is 17.1. The van der Waals surface area contributed by atoms with Gasteiger partial charge in [-0.1, -0.05) is 32.9 Å². The minimum Gasteiger partial charge on any atom is -0.349 e. The van der Waals surface area contributed by atoms with Crippen LogP contribution in [-0.2, 0) is 18.4 Å². The fourth-order valence-electron chi connectivity index (χ4n) is 2.75. The molecule has 2 aromatic rings. The first-order valence-corrected chi connectivity index (χ1v) is 10.0. The first-order valence-electron chi connectivity index (χ1n) is 9.27. The van der Waals surface area contributed by atoms with Gasteiger partial charge in [0.15, 0.2) is 11.8 Å². The lowest BCUT2D eigenvalue weighted by Gasteiger charge is -2.36. The van der Waals surface area contributed by atoms with Gasteiger partial charge in [-0.05, 0) is 0 Å². The van der Waals surface area contributed by atoms with Crippen molar-refractivity contribution >= 4 is 46.6 Å². The van der Waals surface area contributed by atoms with E-state index in [1.807, 2.05) is 0 Å². The Morgan fingerprint density at radius 2 is 1.89 bits per heavy atom. The Kier molecular flexibility index (Phi) is 7.98. The van der Waals surface area contributed by atoms with Crippen molar-refractivity contribution in [2.45, 2.75) is 46.1 Å². The molecule has 28 heavy (non-hydrogen) atoms. The normalized spacial score (nSPS) is 15.5. The molecule has 0 spiro atoms. The first kappa shape index (κ1) is 22.8. The third-order valence-electron chi connectivity index (χ3n) is 4.35. The molecule has 0 radical (unpaired) electrons. The zero-order chi connectivity index (χ0) is 19.4. The highest BCUT2D eigenvalue weighted by molar-refractivity contribution is 14.0. The lowest BCUT2D eigenvalue weighted by Crippen LogP contribution is -2.52. The highest BCUT2D eigenvalue weighted by Crippen LogP contribution is 2.20. The molecule has 0 unspecified atom stereocenters. The molecule has 1 fully saturated rings. The quantitative estimate of drug-likeness (QED) is 0.373. The van der Waals surface area contributed by atoms with Gasteiger partial charge >= 0.3 is 0 Å². The smallest absolute Gasteiger partial charge is 0.232 e. The van der Waals surface area contributed by atoms with E-state index < -0.39 is 0 Å². The molecule has 0 aliphatic carbocycles. The summed E-state index contributed by atoms with van der Waals surface area (Å²) in [6, 6.07) is 0. The third kappa shape index (κ3) is 5.52. The summed E-state index contributed by atoms with van der Waals surface area (Å²) in [5, 5.41) is 8.40. The van der Waals surface area contributed by atoms with E-state index in [2.05, 4.69) is 67.3 Å². The predicted octanol–water partition coefficient (Wildman–Crippen LogP) is 2.30. The molecule has 9 nitrogen and oxygen atoms in total. The molecule has 0 bridgehead atoms. The Bertz CT molecular complexity index is 776. The summed E-state index contributed by atoms with van der Waals surface area (Å²) < 4.78 is 9.72. The fraction of sp³-hybridized carbons (Fsp3) is 0.706. The summed E-state index contributed by atoms with van der Waals surface area (Å²) in [6.07, 6.45) is 0.875. The van der Waals surface area contributed by atoms with E-state index >= 15 is 0 Å². The van der Waals surface area contributed by atoms with Crippen molar-refractivity contribution in [3.05, 3.63) is 17.5 Å². The number of hydrogen-bond donors (Lipinski definition) is 1. The van der Waals surface area contributed by atoms with E-state index in [0.29, 0.717) is 18.3 Å². The van der Waals surface area contributed by atoms with Crippen LogP contribution < -0.4 is 10.2 Å². The van der Waals surface area contributed by atoms with Crippen molar-refractivity contribution in [3.63, 3.8) is 0 Å². The second-order valence-corrected chi connectivity index (χ2v) is 8.22. The number of aromatic nitrogens is 4. The molecule has 1 aliphatic rings. The van der Waals surface area contributed by atoms with Gasteiger partial charge in [0.25, 0.3) is 0 Å². The molecule has 11 heteroatoms. The van der Waals surface area contributed by atoms with Gasteiger partial charge in [-0.15, -0.1) is 24.0 Å². The van der Waals surface area contributed by atoms with Gasteiger partial charge in [-0.3, -0.25) is 4.99 Å². The Labute approximate surface area is 187 Å². The zero-order valence-corrected chi connectivity index (χ0v) is 20.2. The van der Waals surface area contributed by atoms with Crippen LogP contribution in [0.15, 0.2) is 9.52 Å². The van der Waals surface area contributed by atoms with Crippen LogP contribution in [0.3, 0.4) is 0 Å². The van der Waals surface area contributed by atoms with Crippen molar-refractivity contribution in [2.24, 2.45) is 4.99 Å². The number of guanidine groups is 1. The Morgan fingerprint density at radius 1 is 1.18 bits per heavy atom. The van der Waals surface area contributed by atoms with E-state index in [4.69, 9.17) is 4.52 Å². The molecule has 1 saturated heterocycles. The van der Waals surface area contributed by atoms with Gasteiger partial charge < -0.3 is 19.6 Å². The largest absolute Gasteiger partial charge is 0.349 e. The van der Waals surface area contributed by atoms with Gasteiger partial charge in [0.2, 0.25) is 11.0 Å². The summed E-state index contributed by atoms with van der Waals surface area (Å²) in [5.41, 5.74) is -0.147. The molecule has 156 valence electrons. The SMILES string of the molecule is CCc1nsc(N2CCN(C(=NC)NCc3noc(C(C)(C)C)n3)CC2)n1.I. The summed E-state index contributed by atoms with van der Waals surface area (Å²) in [7, 11) is 1.80. The van der Waals surface area contributed by atoms with Gasteiger partial charge in [0.05, 0.1) is 6.54 Å². The predicted molar refractivity (Wildman–Crippen MR) is 122 cm³/mol. The molecule has 0 saturated carbocycles. The highest BCUT2D eigenvalue weighted by Gasteiger charge is 2.24. The lowest BCUT2D eigenvalue weighted by molar-refractivity contribution is 0.317. The molecule has 1 N–H and O–H groups in total. The second-order valence-electron chi connectivity index (χ2n) is 7.49. The van der Waals surface area contributed by atoms with Crippen LogP contribution in [0.25, 0.3) is 0 Å². The molecule has 2 aromatic heterocycles. The van der Waals surface area contributed by atoms with E-state index in [-0.39, 0.29) is 29.4 Å². The number of hydrogen-bond acceptors (Lipinski definition) is 8. The number of aliphatic imine (C=N–C) groups is 1. The Balaban J connectivity index is 0.00000280. The molecule has 3 rings (SSSR count). The van der Waals surface area contributed by atoms with Gasteiger partial charge in [-0.25, -0.2) is 4.98 Å². The van der Waals surface area contributed by atoms with E-state index in [9.17, 15) is 0 Å². The number of anilines is 1. The average Bonchev–Trinajstić information content (AvgIpc) is 3.32. The van der Waals surface area contributed by atoms with E-state index in [1.165, 1.54) is 11.5 Å². The van der Waals surface area contributed by atoms with Gasteiger partial charge in [-0.2, -0.15) is 9.36 Å². The molecular weight excluding hydrogens is 491 g/mol. The van der Waals surface area contributed by atoms with Crippen molar-refractivity contribution < 1.29 is 4.52 Å². The van der Waals surface area contributed by atoms with Crippen LogP contribution in [0, 0.1) is 0 Å². The van der Waals surface area contributed by atoms with E-state index in [0.717, 1.165) is 49.5 Å². The Morgan fingerprint density at radius 3 is 2.43 bits per heavy atom. The van der Waals surface area contributed by atoms with Crippen LogP contribution in [0.1, 0.15) is 45.2 Å². The van der Waals surface area contributed by atoms with Crippen molar-refractivity contribution in [2.75, 3.05) is 38.1 Å². The van der Waals surface area contributed by atoms with Crippen LogP contribution in [0.2, 0.25) is 0 Å². The molecular formula is C17H29IN8OS. The monoisotopic (exact) mass is 520 g/mol. The second kappa shape index (κ2) is 9.81. The maximum absolute atomic E-state index is 5.34. The number of nitrogens with zero attached hydrogens (tertiary/aromatic N) is 7. The van der Waals surface area contributed by atoms with Crippen LogP contribution >= 0.6 is 35.5 Å². The fourth-order valence-corrected chi connectivity index (χ4v) is 3.55. The summed E-state index contributed by atoms with van der Waals surface area (Å²) in [4.78, 5) is 18.0. The third-order valence-corrected chi connectivity index (χ3v) is 5.16. The maximum atomic E-state index is 5.34. The molecule has 3 heterocycles. The van der Waals surface area contributed by atoms with Gasteiger partial charge in [0.1, 0.15) is 5.82 Å². The molecule has 1 aliphatic heterocycles. The number of rotatable bonds is 4. The summed E-state index contributed by atoms with van der Waals surface area (Å²) in [6.45, 7) is 12.3. The first-order chi connectivity index (χ1) is 12.9. The van der Waals surface area contributed by atoms with Crippen LogP contribution in [0.5, 0.6) is 0 Å². The maximum Gasteiger partial charge on any atom is 0.232 e. The van der Waals surface area contributed by atoms with Crippen molar-refractivity contribution in [3.8, 4) is 0 Å². The van der Waals surface area contributed by atoms with E-state index in [1.54, 1.807) is 7.05 Å². The highest BCUT2D eigenvalue weighted by atomic mass is 127. The minimum absolute atomic E-state index is 0. The number of nitrogens with one attached hydrogen (secondary N) is 1. The van der Waals surface area contributed by atoms with Crippen molar-refractivity contribution in [1.29, 1.82) is 0 Å². The number of piperazine rings is 1. The Hall–Kier alpha value is -1.50.